The number of rotatable bonds is 1. The summed E-state index contributed by atoms with van der Waals surface area (Å²) in [6, 6.07) is 7.74. The van der Waals surface area contributed by atoms with Crippen molar-refractivity contribution in [3.63, 3.8) is 0 Å². The van der Waals surface area contributed by atoms with Gasteiger partial charge in [-0.15, -0.1) is 0 Å². The third kappa shape index (κ3) is 1.87. The Morgan fingerprint density at radius 3 is 3.14 bits per heavy atom. The Morgan fingerprint density at radius 1 is 1.29 bits per heavy atom. The molecule has 0 radical (unpaired) electrons. The van der Waals surface area contributed by atoms with E-state index in [2.05, 4.69) is 26.5 Å². The third-order valence-corrected chi connectivity index (χ3v) is 3.72. The minimum atomic E-state index is 0.556. The summed E-state index contributed by atoms with van der Waals surface area (Å²) in [5.41, 5.74) is 3.67. The Balaban J connectivity index is 1.89. The van der Waals surface area contributed by atoms with Crippen molar-refractivity contribution in [2.75, 3.05) is 6.54 Å². The highest BCUT2D eigenvalue weighted by Gasteiger charge is 2.14. The van der Waals surface area contributed by atoms with Crippen LogP contribution in [0.1, 0.15) is 16.8 Å². The lowest BCUT2D eigenvalue weighted by Crippen LogP contribution is -2.25. The summed E-state index contributed by atoms with van der Waals surface area (Å²) >= 11 is 0. The van der Waals surface area contributed by atoms with Crippen LogP contribution in [0.15, 0.2) is 30.6 Å². The van der Waals surface area contributed by atoms with Gasteiger partial charge < -0.3 is 5.32 Å². The molecule has 0 amide bonds. The van der Waals surface area contributed by atoms with E-state index in [1.165, 1.54) is 0 Å². The standard InChI is InChI=1S/C15H12N6/c16-6-10-2-1-3-14-12(10)9-19-21(14)15-18-8-11-7-17-5-4-13(11)20-15/h1-3,8-9,17H,4-5,7H2. The number of aromatic nitrogens is 4. The molecule has 0 aliphatic carbocycles. The molecule has 1 aromatic carbocycles. The molecule has 0 bridgehead atoms. The molecule has 1 aliphatic heterocycles. The first-order valence-corrected chi connectivity index (χ1v) is 6.79. The Labute approximate surface area is 121 Å². The smallest absolute Gasteiger partial charge is 0.251 e. The number of nitriles is 1. The van der Waals surface area contributed by atoms with Crippen molar-refractivity contribution in [3.05, 3.63) is 47.4 Å². The average molecular weight is 276 g/mol. The molecule has 0 spiro atoms. The van der Waals surface area contributed by atoms with Crippen LogP contribution in [0.5, 0.6) is 0 Å². The summed E-state index contributed by atoms with van der Waals surface area (Å²) in [6.07, 6.45) is 4.44. The fourth-order valence-electron chi connectivity index (χ4n) is 2.64. The number of hydrogen-bond acceptors (Lipinski definition) is 5. The second-order valence-corrected chi connectivity index (χ2v) is 4.98. The van der Waals surface area contributed by atoms with Crippen LogP contribution >= 0.6 is 0 Å². The van der Waals surface area contributed by atoms with Gasteiger partial charge in [-0.25, -0.2) is 9.97 Å². The first kappa shape index (κ1) is 12.0. The molecular weight excluding hydrogens is 264 g/mol. The van der Waals surface area contributed by atoms with Crippen LogP contribution in [0.2, 0.25) is 0 Å². The summed E-state index contributed by atoms with van der Waals surface area (Å²) in [7, 11) is 0. The van der Waals surface area contributed by atoms with Crippen LogP contribution in [0, 0.1) is 11.3 Å². The van der Waals surface area contributed by atoms with E-state index in [1.807, 2.05) is 18.3 Å². The number of fused-ring (bicyclic) bond motifs is 2. The van der Waals surface area contributed by atoms with E-state index in [9.17, 15) is 0 Å². The lowest BCUT2D eigenvalue weighted by molar-refractivity contribution is 0.620. The van der Waals surface area contributed by atoms with E-state index in [4.69, 9.17) is 5.26 Å². The molecule has 2 aromatic heterocycles. The highest BCUT2D eigenvalue weighted by atomic mass is 15.3. The third-order valence-electron chi connectivity index (χ3n) is 3.72. The zero-order valence-corrected chi connectivity index (χ0v) is 11.2. The molecule has 0 fully saturated rings. The van der Waals surface area contributed by atoms with Crippen molar-refractivity contribution < 1.29 is 0 Å². The van der Waals surface area contributed by atoms with E-state index in [0.29, 0.717) is 11.5 Å². The first-order valence-electron chi connectivity index (χ1n) is 6.79. The molecular formula is C15H12N6. The fraction of sp³-hybridized carbons (Fsp3) is 0.200. The van der Waals surface area contributed by atoms with Crippen LogP contribution < -0.4 is 5.32 Å². The van der Waals surface area contributed by atoms with Crippen molar-refractivity contribution in [3.8, 4) is 12.0 Å². The Hall–Kier alpha value is -2.78. The van der Waals surface area contributed by atoms with E-state index in [-0.39, 0.29) is 0 Å². The summed E-state index contributed by atoms with van der Waals surface area (Å²) in [5.74, 6) is 0.556. The topological polar surface area (TPSA) is 79.4 Å². The molecule has 0 saturated heterocycles. The second-order valence-electron chi connectivity index (χ2n) is 4.98. The van der Waals surface area contributed by atoms with Gasteiger partial charge in [-0.05, 0) is 12.1 Å². The van der Waals surface area contributed by atoms with E-state index in [0.717, 1.165) is 41.7 Å². The first-order chi connectivity index (χ1) is 10.4. The van der Waals surface area contributed by atoms with Crippen LogP contribution in [-0.4, -0.2) is 26.3 Å². The number of nitrogens with one attached hydrogen (secondary N) is 1. The molecule has 1 aliphatic rings. The Bertz CT molecular complexity index is 873. The van der Waals surface area contributed by atoms with Gasteiger partial charge in [0.1, 0.15) is 0 Å². The molecule has 0 unspecified atom stereocenters. The Kier molecular flexibility index (Phi) is 2.66. The average Bonchev–Trinajstić information content (AvgIpc) is 2.98. The molecule has 4 rings (SSSR count). The van der Waals surface area contributed by atoms with E-state index >= 15 is 0 Å². The summed E-state index contributed by atoms with van der Waals surface area (Å²) in [5, 5.41) is 17.6. The predicted molar refractivity (Wildman–Crippen MR) is 76.8 cm³/mol. The zero-order valence-electron chi connectivity index (χ0n) is 11.2. The van der Waals surface area contributed by atoms with Crippen LogP contribution in [-0.2, 0) is 13.0 Å². The van der Waals surface area contributed by atoms with Gasteiger partial charge in [0.05, 0.1) is 29.0 Å². The second kappa shape index (κ2) is 4.65. The minimum Gasteiger partial charge on any atom is -0.312 e. The molecule has 6 heteroatoms. The van der Waals surface area contributed by atoms with Crippen molar-refractivity contribution in [1.82, 2.24) is 25.1 Å². The van der Waals surface area contributed by atoms with E-state index < -0.39 is 0 Å². The minimum absolute atomic E-state index is 0.556. The molecule has 3 aromatic rings. The molecule has 0 atom stereocenters. The number of nitrogens with zero attached hydrogens (tertiary/aromatic N) is 5. The summed E-state index contributed by atoms with van der Waals surface area (Å²) in [6.45, 7) is 1.75. The lowest BCUT2D eigenvalue weighted by atomic mass is 10.1. The maximum Gasteiger partial charge on any atom is 0.251 e. The molecule has 1 N–H and O–H groups in total. The quantitative estimate of drug-likeness (QED) is 0.725. The van der Waals surface area contributed by atoms with Gasteiger partial charge in [-0.3, -0.25) is 0 Å². The van der Waals surface area contributed by atoms with Gasteiger partial charge in [-0.2, -0.15) is 15.0 Å². The van der Waals surface area contributed by atoms with Gasteiger partial charge in [-0.1, -0.05) is 6.07 Å². The summed E-state index contributed by atoms with van der Waals surface area (Å²) < 4.78 is 1.69. The molecule has 6 nitrogen and oxygen atoms in total. The maximum absolute atomic E-state index is 9.15. The van der Waals surface area contributed by atoms with Gasteiger partial charge in [0.25, 0.3) is 5.95 Å². The van der Waals surface area contributed by atoms with Crippen LogP contribution in [0.4, 0.5) is 0 Å². The normalized spacial score (nSPS) is 13.9. The molecule has 102 valence electrons. The Morgan fingerprint density at radius 2 is 2.24 bits per heavy atom. The van der Waals surface area contributed by atoms with Crippen LogP contribution in [0.25, 0.3) is 16.9 Å². The maximum atomic E-state index is 9.15. The van der Waals surface area contributed by atoms with Crippen LogP contribution in [0.3, 0.4) is 0 Å². The molecule has 21 heavy (non-hydrogen) atoms. The zero-order chi connectivity index (χ0) is 14.2. The lowest BCUT2D eigenvalue weighted by Gasteiger charge is -2.16. The number of benzene rings is 1. The number of hydrogen-bond donors (Lipinski definition) is 1. The summed E-state index contributed by atoms with van der Waals surface area (Å²) in [4.78, 5) is 9.03. The SMILES string of the molecule is N#Cc1cccc2c1cnn2-c1ncc2c(n1)CCNC2. The fourth-order valence-corrected chi connectivity index (χ4v) is 2.64. The monoisotopic (exact) mass is 276 g/mol. The van der Waals surface area contributed by atoms with E-state index in [1.54, 1.807) is 16.9 Å². The van der Waals surface area contributed by atoms with Crippen molar-refractivity contribution in [1.29, 1.82) is 5.26 Å². The predicted octanol–water partition coefficient (Wildman–Crippen LogP) is 1.33. The highest BCUT2D eigenvalue weighted by molar-refractivity contribution is 5.85. The van der Waals surface area contributed by atoms with Crippen molar-refractivity contribution >= 4 is 10.9 Å². The molecule has 3 heterocycles. The van der Waals surface area contributed by atoms with Gasteiger partial charge in [0.2, 0.25) is 0 Å². The largest absolute Gasteiger partial charge is 0.312 e. The van der Waals surface area contributed by atoms with Gasteiger partial charge >= 0.3 is 0 Å². The van der Waals surface area contributed by atoms with Crippen molar-refractivity contribution in [2.24, 2.45) is 0 Å². The van der Waals surface area contributed by atoms with Crippen molar-refractivity contribution in [2.45, 2.75) is 13.0 Å². The molecule has 0 saturated carbocycles. The van der Waals surface area contributed by atoms with Gasteiger partial charge in [0.15, 0.2) is 0 Å². The van der Waals surface area contributed by atoms with Gasteiger partial charge in [0, 0.05) is 36.7 Å². The highest BCUT2D eigenvalue weighted by Crippen LogP contribution is 2.20.